The van der Waals surface area contributed by atoms with Crippen LogP contribution in [0.2, 0.25) is 0 Å². The lowest BCUT2D eigenvalue weighted by Crippen LogP contribution is -3.20. The van der Waals surface area contributed by atoms with E-state index in [1.807, 2.05) is 0 Å². The maximum atomic E-state index is 14.1. The van der Waals surface area contributed by atoms with Crippen molar-refractivity contribution < 1.29 is 30.8 Å². The molecule has 3 aliphatic rings. The molecule has 2 atom stereocenters. The molecule has 2 saturated carbocycles. The minimum absolute atomic E-state index is 0. The third-order valence-electron chi connectivity index (χ3n) is 4.84. The van der Waals surface area contributed by atoms with Crippen molar-refractivity contribution in [2.75, 3.05) is 26.3 Å². The zero-order valence-corrected chi connectivity index (χ0v) is 10.7. The Kier molecular flexibility index (Phi) is 3.68. The highest BCUT2D eigenvalue weighted by atomic mass is 35.5. The zero-order chi connectivity index (χ0) is 11.2. The van der Waals surface area contributed by atoms with Gasteiger partial charge >= 0.3 is 5.92 Å². The summed E-state index contributed by atoms with van der Waals surface area (Å²) in [5.74, 6) is -2.74. The molecule has 0 aromatic heterocycles. The Bertz CT molecular complexity index is 284. The lowest BCUT2D eigenvalue weighted by Gasteiger charge is -2.32. The smallest absolute Gasteiger partial charge is 0.310 e. The van der Waals surface area contributed by atoms with Gasteiger partial charge in [0.15, 0.2) is 5.54 Å². The van der Waals surface area contributed by atoms with Gasteiger partial charge in [0.05, 0.1) is 19.1 Å². The quantitative estimate of drug-likeness (QED) is 0.573. The lowest BCUT2D eigenvalue weighted by atomic mass is 10.0. The Hall–Kier alpha value is 0.0700. The van der Waals surface area contributed by atoms with E-state index in [0.29, 0.717) is 13.2 Å². The van der Waals surface area contributed by atoms with Gasteiger partial charge in [-0.1, -0.05) is 12.8 Å². The van der Waals surface area contributed by atoms with E-state index in [-0.39, 0.29) is 18.3 Å². The summed E-state index contributed by atoms with van der Waals surface area (Å²) in [4.78, 5) is 1.12. The molecule has 0 spiro atoms. The van der Waals surface area contributed by atoms with E-state index in [0.717, 1.165) is 50.1 Å². The molecular formula is C12H20ClF2NO. The first-order chi connectivity index (χ1) is 7.69. The van der Waals surface area contributed by atoms with Gasteiger partial charge in [0, 0.05) is 6.42 Å². The molecule has 17 heavy (non-hydrogen) atoms. The van der Waals surface area contributed by atoms with Crippen LogP contribution in [0.3, 0.4) is 0 Å². The fourth-order valence-corrected chi connectivity index (χ4v) is 3.95. The van der Waals surface area contributed by atoms with Gasteiger partial charge < -0.3 is 22.0 Å². The van der Waals surface area contributed by atoms with Crippen molar-refractivity contribution in [3.63, 3.8) is 0 Å². The van der Waals surface area contributed by atoms with Crippen molar-refractivity contribution in [3.8, 4) is 0 Å². The average molecular weight is 268 g/mol. The molecule has 100 valence electrons. The number of halogens is 3. The van der Waals surface area contributed by atoms with Gasteiger partial charge in [-0.05, 0) is 12.8 Å². The van der Waals surface area contributed by atoms with Crippen LogP contribution in [-0.2, 0) is 4.74 Å². The minimum atomic E-state index is -2.40. The van der Waals surface area contributed by atoms with Gasteiger partial charge in [-0.25, -0.2) is 0 Å². The first-order valence-corrected chi connectivity index (χ1v) is 6.50. The minimum Gasteiger partial charge on any atom is -1.00 e. The second-order valence-electron chi connectivity index (χ2n) is 5.46. The summed E-state index contributed by atoms with van der Waals surface area (Å²) in [7, 11) is 0. The van der Waals surface area contributed by atoms with Crippen LogP contribution in [0, 0.1) is 5.92 Å². The van der Waals surface area contributed by atoms with Gasteiger partial charge in [0.1, 0.15) is 13.1 Å². The first kappa shape index (κ1) is 13.5. The topological polar surface area (TPSA) is 13.7 Å². The molecule has 0 radical (unpaired) electrons. The first-order valence-electron chi connectivity index (χ1n) is 6.50. The normalized spacial score (nSPS) is 40.9. The Morgan fingerprint density at radius 2 is 1.76 bits per heavy atom. The fraction of sp³-hybridized carbons (Fsp3) is 1.00. The van der Waals surface area contributed by atoms with E-state index in [9.17, 15) is 8.78 Å². The second kappa shape index (κ2) is 4.63. The number of rotatable bonds is 1. The SMILES string of the molecule is FC1(F)[C@H]2CCCCC[C@]21[NH+]1CCOCC1.[Cl-]. The van der Waals surface area contributed by atoms with Crippen molar-refractivity contribution in [2.45, 2.75) is 43.6 Å². The van der Waals surface area contributed by atoms with Crippen molar-refractivity contribution >= 4 is 0 Å². The molecule has 5 heteroatoms. The van der Waals surface area contributed by atoms with Crippen LogP contribution >= 0.6 is 0 Å². The number of morpholine rings is 1. The number of hydrogen-bond donors (Lipinski definition) is 1. The molecule has 2 aliphatic carbocycles. The molecule has 2 nitrogen and oxygen atoms in total. The van der Waals surface area contributed by atoms with Gasteiger partial charge in [-0.2, -0.15) is 8.78 Å². The maximum absolute atomic E-state index is 14.1. The van der Waals surface area contributed by atoms with Crippen molar-refractivity contribution in [1.82, 2.24) is 0 Å². The predicted octanol–water partition coefficient (Wildman–Crippen LogP) is -2.13. The summed E-state index contributed by atoms with van der Waals surface area (Å²) < 4.78 is 33.4. The van der Waals surface area contributed by atoms with E-state index < -0.39 is 11.5 Å². The number of alkyl halides is 2. The van der Waals surface area contributed by atoms with Crippen LogP contribution in [-0.4, -0.2) is 37.8 Å². The van der Waals surface area contributed by atoms with Crippen LogP contribution in [0.1, 0.15) is 32.1 Å². The van der Waals surface area contributed by atoms with Crippen LogP contribution in [0.4, 0.5) is 8.78 Å². The predicted molar refractivity (Wildman–Crippen MR) is 55.8 cm³/mol. The van der Waals surface area contributed by atoms with E-state index in [4.69, 9.17) is 4.74 Å². The molecular weight excluding hydrogens is 248 g/mol. The van der Waals surface area contributed by atoms with Crippen molar-refractivity contribution in [1.29, 1.82) is 0 Å². The monoisotopic (exact) mass is 267 g/mol. The summed E-state index contributed by atoms with van der Waals surface area (Å²) in [6.07, 6.45) is 4.57. The molecule has 3 rings (SSSR count). The molecule has 0 bridgehead atoms. The number of nitrogens with one attached hydrogen (secondary N) is 1. The van der Waals surface area contributed by atoms with E-state index >= 15 is 0 Å². The number of quaternary nitrogens is 1. The average Bonchev–Trinajstić information content (AvgIpc) is 2.87. The third kappa shape index (κ3) is 1.80. The summed E-state index contributed by atoms with van der Waals surface area (Å²) in [5, 5.41) is 0. The summed E-state index contributed by atoms with van der Waals surface area (Å²) in [6, 6.07) is 0. The highest BCUT2D eigenvalue weighted by molar-refractivity contribution is 5.20. The molecule has 1 heterocycles. The Morgan fingerprint density at radius 3 is 2.47 bits per heavy atom. The van der Waals surface area contributed by atoms with E-state index in [1.54, 1.807) is 0 Å². The summed E-state index contributed by atoms with van der Waals surface area (Å²) in [6.45, 7) is 2.85. The largest absolute Gasteiger partial charge is 1.00 e. The molecule has 1 aliphatic heterocycles. The molecule has 0 unspecified atom stereocenters. The zero-order valence-electron chi connectivity index (χ0n) is 9.98. The standard InChI is InChI=1S/C12H19F2NO.ClH/c13-12(14)10-4-2-1-3-5-11(10,12)15-6-8-16-9-7-15;/h10H,1-9H2;1H/t10-,11-;/m0./s1. The van der Waals surface area contributed by atoms with E-state index in [1.165, 1.54) is 0 Å². The van der Waals surface area contributed by atoms with Crippen LogP contribution in [0.5, 0.6) is 0 Å². The van der Waals surface area contributed by atoms with Crippen molar-refractivity contribution in [2.24, 2.45) is 5.92 Å². The van der Waals surface area contributed by atoms with Gasteiger partial charge in [-0.3, -0.25) is 0 Å². The van der Waals surface area contributed by atoms with Crippen LogP contribution < -0.4 is 17.3 Å². The lowest BCUT2D eigenvalue weighted by molar-refractivity contribution is -0.950. The number of ether oxygens (including phenoxy) is 1. The molecule has 1 saturated heterocycles. The van der Waals surface area contributed by atoms with Gasteiger partial charge in [0.2, 0.25) is 0 Å². The molecule has 1 N–H and O–H groups in total. The number of fused-ring (bicyclic) bond motifs is 1. The Balaban J connectivity index is 0.00000108. The highest BCUT2D eigenvalue weighted by Gasteiger charge is 2.85. The third-order valence-corrected chi connectivity index (χ3v) is 4.84. The summed E-state index contributed by atoms with van der Waals surface area (Å²) >= 11 is 0. The maximum Gasteiger partial charge on any atom is 0.310 e. The van der Waals surface area contributed by atoms with Crippen LogP contribution in [0.15, 0.2) is 0 Å². The summed E-state index contributed by atoms with van der Waals surface area (Å²) in [5.41, 5.74) is -0.701. The molecule has 0 amide bonds. The van der Waals surface area contributed by atoms with Crippen LogP contribution in [0.25, 0.3) is 0 Å². The van der Waals surface area contributed by atoms with Crippen molar-refractivity contribution in [3.05, 3.63) is 0 Å². The van der Waals surface area contributed by atoms with Gasteiger partial charge in [-0.15, -0.1) is 0 Å². The molecule has 0 aromatic carbocycles. The Morgan fingerprint density at radius 1 is 1.06 bits per heavy atom. The van der Waals surface area contributed by atoms with Gasteiger partial charge in [0.25, 0.3) is 0 Å². The molecule has 3 fully saturated rings. The Labute approximate surface area is 107 Å². The fourth-order valence-electron chi connectivity index (χ4n) is 3.95. The number of hydrogen-bond acceptors (Lipinski definition) is 1. The molecule has 0 aromatic rings. The highest BCUT2D eigenvalue weighted by Crippen LogP contribution is 2.62. The van der Waals surface area contributed by atoms with E-state index in [2.05, 4.69) is 0 Å². The second-order valence-corrected chi connectivity index (χ2v) is 5.46.